The Balaban J connectivity index is 1.45. The molecule has 3 saturated heterocycles. The van der Waals surface area contributed by atoms with Crippen molar-refractivity contribution in [1.29, 1.82) is 0 Å². The Morgan fingerprint density at radius 3 is 1.42 bits per heavy atom. The van der Waals surface area contributed by atoms with Crippen LogP contribution >= 0.6 is 0 Å². The highest BCUT2D eigenvalue weighted by Gasteiger charge is 2.53. The highest BCUT2D eigenvalue weighted by molar-refractivity contribution is 5.76. The Kier molecular flexibility index (Phi) is 37.7. The van der Waals surface area contributed by atoms with E-state index in [1.807, 2.05) is 13.0 Å². The fourth-order valence-corrected chi connectivity index (χ4v) is 9.19. The third-order valence-corrected chi connectivity index (χ3v) is 13.9. The zero-order valence-electron chi connectivity index (χ0n) is 46.8. The third-order valence-electron chi connectivity index (χ3n) is 13.9. The minimum Gasteiger partial charge on any atom is -0.394 e. The molecular formula is C60H99NO18. The number of nitrogens with one attached hydrogen (secondary N) is 1. The molecule has 79 heavy (non-hydrogen) atoms. The SMILES string of the molecule is C/C=C/CC/C=C/CC/C=C/C(O)C(COC1OC(CO)C(OC2OC(CO)C(OC3OC(CO)C(O)C(O)C3O)C(O)C2O)C(O)C1O)NC(=O)CCCCCCCCCCC/C=C\C/C=C\C/C=C\C/C=C\C/C=C\CC. The molecule has 3 aliphatic rings. The molecule has 17 atom stereocenters. The molecule has 0 aromatic carbocycles. The van der Waals surface area contributed by atoms with Crippen molar-refractivity contribution in [3.63, 3.8) is 0 Å². The summed E-state index contributed by atoms with van der Waals surface area (Å²) >= 11 is 0. The van der Waals surface area contributed by atoms with Crippen LogP contribution in [0.3, 0.4) is 0 Å². The van der Waals surface area contributed by atoms with Gasteiger partial charge in [0.05, 0.1) is 38.6 Å². The van der Waals surface area contributed by atoms with E-state index in [0.717, 1.165) is 83.5 Å². The quantitative estimate of drug-likeness (QED) is 0.0295. The lowest BCUT2D eigenvalue weighted by atomic mass is 9.96. The van der Waals surface area contributed by atoms with Crippen LogP contribution in [-0.4, -0.2) is 193 Å². The molecule has 12 N–H and O–H groups in total. The lowest BCUT2D eigenvalue weighted by molar-refractivity contribution is -0.379. The number of carbonyl (C=O) groups excluding carboxylic acids is 1. The van der Waals surface area contributed by atoms with Gasteiger partial charge in [-0.25, -0.2) is 0 Å². The molecule has 0 spiro atoms. The van der Waals surface area contributed by atoms with E-state index in [0.29, 0.717) is 12.8 Å². The molecule has 1 amide bonds. The van der Waals surface area contributed by atoms with Crippen LogP contribution in [-0.2, 0) is 33.2 Å². The average Bonchev–Trinajstić information content (AvgIpc) is 3.44. The first-order valence-electron chi connectivity index (χ1n) is 29.0. The Bertz CT molecular complexity index is 1820. The highest BCUT2D eigenvalue weighted by atomic mass is 16.8. The van der Waals surface area contributed by atoms with E-state index in [1.165, 1.54) is 25.7 Å². The van der Waals surface area contributed by atoms with Crippen molar-refractivity contribution in [1.82, 2.24) is 5.32 Å². The second-order valence-corrected chi connectivity index (χ2v) is 20.4. The predicted molar refractivity (Wildman–Crippen MR) is 300 cm³/mol. The third kappa shape index (κ3) is 26.7. The second-order valence-electron chi connectivity index (χ2n) is 20.4. The summed E-state index contributed by atoms with van der Waals surface area (Å²) < 4.78 is 34.1. The maximum absolute atomic E-state index is 13.3. The van der Waals surface area contributed by atoms with Crippen LogP contribution in [0, 0.1) is 0 Å². The van der Waals surface area contributed by atoms with Gasteiger partial charge < -0.3 is 89.9 Å². The number of allylic oxidation sites excluding steroid dienone is 15. The number of aliphatic hydroxyl groups excluding tert-OH is 11. The maximum atomic E-state index is 13.3. The van der Waals surface area contributed by atoms with E-state index in [1.54, 1.807) is 12.2 Å². The van der Waals surface area contributed by atoms with Crippen LogP contribution in [0.5, 0.6) is 0 Å². The van der Waals surface area contributed by atoms with E-state index < -0.39 is 124 Å². The van der Waals surface area contributed by atoms with Crippen LogP contribution in [0.25, 0.3) is 0 Å². The van der Waals surface area contributed by atoms with Gasteiger partial charge >= 0.3 is 0 Å². The molecule has 3 rings (SSSR count). The first-order chi connectivity index (χ1) is 38.3. The largest absolute Gasteiger partial charge is 0.394 e. The molecule has 17 unspecified atom stereocenters. The highest BCUT2D eigenvalue weighted by Crippen LogP contribution is 2.33. The van der Waals surface area contributed by atoms with Crippen LogP contribution in [0.2, 0.25) is 0 Å². The Labute approximate surface area is 469 Å². The second kappa shape index (κ2) is 42.5. The van der Waals surface area contributed by atoms with Gasteiger partial charge in [-0.05, 0) is 84.0 Å². The molecular weight excluding hydrogens is 1020 g/mol. The number of hydrogen-bond acceptors (Lipinski definition) is 18. The lowest BCUT2D eigenvalue weighted by Gasteiger charge is -2.48. The molecule has 3 aliphatic heterocycles. The van der Waals surface area contributed by atoms with Gasteiger partial charge in [-0.15, -0.1) is 0 Å². The lowest BCUT2D eigenvalue weighted by Crippen LogP contribution is -2.66. The zero-order chi connectivity index (χ0) is 57.6. The van der Waals surface area contributed by atoms with Gasteiger partial charge in [0, 0.05) is 6.42 Å². The van der Waals surface area contributed by atoms with Gasteiger partial charge in [-0.2, -0.15) is 0 Å². The van der Waals surface area contributed by atoms with E-state index in [2.05, 4.69) is 91.2 Å². The van der Waals surface area contributed by atoms with Gasteiger partial charge in [0.1, 0.15) is 73.2 Å². The Morgan fingerprint density at radius 1 is 0.481 bits per heavy atom. The summed E-state index contributed by atoms with van der Waals surface area (Å²) in [7, 11) is 0. The van der Waals surface area contributed by atoms with E-state index in [9.17, 15) is 61.0 Å². The molecule has 0 aromatic rings. The standard InChI is InChI=1S/C60H99NO18/c1-3-5-7-9-11-13-14-15-16-17-18-19-20-21-22-23-24-25-26-27-28-30-32-34-36-38-48(66)61-43(44(65)37-35-33-31-29-12-10-8-6-4-2)42-74-58-54(72)51(69)56(46(40-63)76-58)79-60-55(73)52(70)57(47(41-64)77-60)78-59-53(71)50(68)49(67)45(39-62)75-59/h4-7,11-13,15-16,18-19,21-22,29,35,37,43-47,49-60,62-65,67-73H,3,8-10,14,17,20,23-28,30-34,36,38-42H2,1-2H3,(H,61,66)/b6-4+,7-5-,13-11-,16-15-,19-18-,22-21-,29-12+,37-35+. The van der Waals surface area contributed by atoms with E-state index in [4.69, 9.17) is 28.4 Å². The molecule has 0 saturated carbocycles. The fraction of sp³-hybridized carbons (Fsp3) is 0.717. The summed E-state index contributed by atoms with van der Waals surface area (Å²) in [6, 6.07) is -1.00. The molecule has 3 fully saturated rings. The van der Waals surface area contributed by atoms with Gasteiger partial charge in [0.15, 0.2) is 18.9 Å². The minimum atomic E-state index is -1.99. The minimum absolute atomic E-state index is 0.217. The molecule has 0 bridgehead atoms. The Hall–Kier alpha value is -3.29. The van der Waals surface area contributed by atoms with Crippen LogP contribution in [0.15, 0.2) is 97.2 Å². The molecule has 3 heterocycles. The van der Waals surface area contributed by atoms with Crippen molar-refractivity contribution in [2.45, 2.75) is 247 Å². The van der Waals surface area contributed by atoms with E-state index >= 15 is 0 Å². The summed E-state index contributed by atoms with van der Waals surface area (Å²) in [4.78, 5) is 13.3. The van der Waals surface area contributed by atoms with Crippen molar-refractivity contribution in [3.8, 4) is 0 Å². The predicted octanol–water partition coefficient (Wildman–Crippen LogP) is 4.59. The zero-order valence-corrected chi connectivity index (χ0v) is 46.8. The van der Waals surface area contributed by atoms with Gasteiger partial charge in [0.25, 0.3) is 0 Å². The normalized spacial score (nSPS) is 31.0. The molecule has 0 radical (unpaired) electrons. The van der Waals surface area contributed by atoms with Gasteiger partial charge in [-0.3, -0.25) is 4.79 Å². The number of hydrogen-bond donors (Lipinski definition) is 12. The molecule has 452 valence electrons. The fourth-order valence-electron chi connectivity index (χ4n) is 9.19. The average molecular weight is 1120 g/mol. The molecule has 0 aromatic heterocycles. The van der Waals surface area contributed by atoms with Gasteiger partial charge in [0.2, 0.25) is 5.91 Å². The van der Waals surface area contributed by atoms with Crippen molar-refractivity contribution in [2.75, 3.05) is 26.4 Å². The van der Waals surface area contributed by atoms with Crippen LogP contribution in [0.4, 0.5) is 0 Å². The van der Waals surface area contributed by atoms with Crippen molar-refractivity contribution >= 4 is 5.91 Å². The topological polar surface area (TPSA) is 307 Å². The van der Waals surface area contributed by atoms with Crippen molar-refractivity contribution < 1.29 is 89.4 Å². The molecule has 19 heteroatoms. The number of aliphatic hydroxyl groups is 11. The first-order valence-corrected chi connectivity index (χ1v) is 29.0. The number of ether oxygens (including phenoxy) is 6. The summed E-state index contributed by atoms with van der Waals surface area (Å²) in [6.07, 6.45) is 25.8. The first kappa shape index (κ1) is 70.0. The van der Waals surface area contributed by atoms with Gasteiger partial charge in [-0.1, -0.05) is 149 Å². The number of amides is 1. The number of carbonyl (C=O) groups is 1. The van der Waals surface area contributed by atoms with Crippen LogP contribution < -0.4 is 5.32 Å². The van der Waals surface area contributed by atoms with Crippen molar-refractivity contribution in [2.24, 2.45) is 0 Å². The monoisotopic (exact) mass is 1120 g/mol. The smallest absolute Gasteiger partial charge is 0.220 e. The number of rotatable bonds is 40. The van der Waals surface area contributed by atoms with Crippen LogP contribution in [0.1, 0.15) is 142 Å². The molecule has 19 nitrogen and oxygen atoms in total. The van der Waals surface area contributed by atoms with Crippen molar-refractivity contribution in [3.05, 3.63) is 97.2 Å². The summed E-state index contributed by atoms with van der Waals surface area (Å²) in [5.41, 5.74) is 0. The summed E-state index contributed by atoms with van der Waals surface area (Å²) in [6.45, 7) is 1.29. The van der Waals surface area contributed by atoms with E-state index in [-0.39, 0.29) is 18.9 Å². The summed E-state index contributed by atoms with van der Waals surface area (Å²) in [5.74, 6) is -0.306. The molecule has 0 aliphatic carbocycles. The number of unbranched alkanes of at least 4 members (excludes halogenated alkanes) is 11. The Morgan fingerprint density at radius 2 is 0.899 bits per heavy atom. The summed E-state index contributed by atoms with van der Waals surface area (Å²) in [5, 5.41) is 120. The maximum Gasteiger partial charge on any atom is 0.220 e.